The average Bonchev–Trinajstić information content (AvgIpc) is 2.43. The third kappa shape index (κ3) is 3.38. The van der Waals surface area contributed by atoms with Crippen LogP contribution in [0.5, 0.6) is 0 Å². The molecule has 1 saturated heterocycles. The Morgan fingerprint density at radius 1 is 1.40 bits per heavy atom. The molecule has 1 aliphatic heterocycles. The number of likely N-dealkylation sites (tertiary alicyclic amines) is 1. The molecule has 1 fully saturated rings. The quantitative estimate of drug-likeness (QED) is 0.603. The van der Waals surface area contributed by atoms with Crippen molar-refractivity contribution in [3.05, 3.63) is 38.3 Å². The standard InChI is InChI=1S/C15H21BrN2O2/c1-3-15(2)7-9-17(10-8-15)11-12-13(16)5-4-6-14(12)18(19)20/h4-6H,3,7-11H2,1-2H3. The number of piperidine rings is 1. The van der Waals surface area contributed by atoms with Crippen molar-refractivity contribution >= 4 is 21.6 Å². The first-order valence-electron chi connectivity index (χ1n) is 7.09. The molecule has 0 unspecified atom stereocenters. The van der Waals surface area contributed by atoms with Gasteiger partial charge in [0, 0.05) is 17.1 Å². The van der Waals surface area contributed by atoms with E-state index in [1.54, 1.807) is 12.1 Å². The predicted molar refractivity (Wildman–Crippen MR) is 83.7 cm³/mol. The molecule has 0 aromatic heterocycles. The van der Waals surface area contributed by atoms with Gasteiger partial charge in [-0.25, -0.2) is 0 Å². The van der Waals surface area contributed by atoms with Crippen LogP contribution in [-0.4, -0.2) is 22.9 Å². The topological polar surface area (TPSA) is 46.4 Å². The van der Waals surface area contributed by atoms with Crippen LogP contribution < -0.4 is 0 Å². The Morgan fingerprint density at radius 2 is 2.05 bits per heavy atom. The zero-order valence-electron chi connectivity index (χ0n) is 12.1. The van der Waals surface area contributed by atoms with Crippen LogP contribution in [0.15, 0.2) is 22.7 Å². The van der Waals surface area contributed by atoms with Crippen molar-refractivity contribution in [1.82, 2.24) is 4.90 Å². The van der Waals surface area contributed by atoms with E-state index in [-0.39, 0.29) is 10.6 Å². The van der Waals surface area contributed by atoms with Crippen LogP contribution in [0.4, 0.5) is 5.69 Å². The van der Waals surface area contributed by atoms with E-state index >= 15 is 0 Å². The van der Waals surface area contributed by atoms with E-state index in [4.69, 9.17) is 0 Å². The molecular weight excluding hydrogens is 320 g/mol. The third-order valence-electron chi connectivity index (χ3n) is 4.59. The van der Waals surface area contributed by atoms with E-state index in [0.29, 0.717) is 12.0 Å². The monoisotopic (exact) mass is 340 g/mol. The molecule has 0 radical (unpaired) electrons. The summed E-state index contributed by atoms with van der Waals surface area (Å²) in [6.07, 6.45) is 3.54. The second kappa shape index (κ2) is 6.22. The molecule has 0 spiro atoms. The molecule has 1 aromatic carbocycles. The second-order valence-corrected chi connectivity index (χ2v) is 6.79. The minimum absolute atomic E-state index is 0.211. The van der Waals surface area contributed by atoms with Gasteiger partial charge in [0.1, 0.15) is 0 Å². The SMILES string of the molecule is CCC1(C)CCN(Cc2c(Br)cccc2[N+](=O)[O-])CC1. The Balaban J connectivity index is 2.10. The summed E-state index contributed by atoms with van der Waals surface area (Å²) in [7, 11) is 0. The summed E-state index contributed by atoms with van der Waals surface area (Å²) in [6, 6.07) is 5.18. The molecular formula is C15H21BrN2O2. The number of nitrogens with zero attached hydrogens (tertiary/aromatic N) is 2. The number of nitro groups is 1. The maximum absolute atomic E-state index is 11.1. The molecule has 4 nitrogen and oxygen atoms in total. The van der Waals surface area contributed by atoms with Crippen LogP contribution in [0.25, 0.3) is 0 Å². The van der Waals surface area contributed by atoms with Gasteiger partial charge in [0.2, 0.25) is 0 Å². The van der Waals surface area contributed by atoms with Crippen LogP contribution in [-0.2, 0) is 6.54 Å². The lowest BCUT2D eigenvalue weighted by atomic mass is 9.78. The minimum atomic E-state index is -0.291. The minimum Gasteiger partial charge on any atom is -0.299 e. The summed E-state index contributed by atoms with van der Waals surface area (Å²) in [5.74, 6) is 0. The molecule has 0 amide bonds. The highest BCUT2D eigenvalue weighted by molar-refractivity contribution is 9.10. The third-order valence-corrected chi connectivity index (χ3v) is 5.33. The van der Waals surface area contributed by atoms with Gasteiger partial charge in [-0.15, -0.1) is 0 Å². The summed E-state index contributed by atoms with van der Waals surface area (Å²) < 4.78 is 0.829. The Kier molecular flexibility index (Phi) is 4.81. The van der Waals surface area contributed by atoms with E-state index in [9.17, 15) is 10.1 Å². The largest absolute Gasteiger partial charge is 0.299 e. The van der Waals surface area contributed by atoms with E-state index in [2.05, 4.69) is 34.7 Å². The molecule has 0 atom stereocenters. The van der Waals surface area contributed by atoms with Crippen molar-refractivity contribution in [2.45, 2.75) is 39.7 Å². The van der Waals surface area contributed by atoms with Crippen molar-refractivity contribution in [1.29, 1.82) is 0 Å². The number of benzene rings is 1. The first-order chi connectivity index (χ1) is 9.45. The van der Waals surface area contributed by atoms with Gasteiger partial charge in [0.05, 0.1) is 10.5 Å². The first-order valence-corrected chi connectivity index (χ1v) is 7.88. The lowest BCUT2D eigenvalue weighted by Crippen LogP contribution is -2.38. The summed E-state index contributed by atoms with van der Waals surface area (Å²) in [6.45, 7) is 7.27. The fourth-order valence-electron chi connectivity index (χ4n) is 2.70. The molecule has 1 heterocycles. The number of hydrogen-bond donors (Lipinski definition) is 0. The normalized spacial score (nSPS) is 18.9. The van der Waals surface area contributed by atoms with Gasteiger partial charge < -0.3 is 0 Å². The van der Waals surface area contributed by atoms with Gasteiger partial charge in [-0.2, -0.15) is 0 Å². The number of nitro benzene ring substituents is 1. The summed E-state index contributed by atoms with van der Waals surface area (Å²) in [4.78, 5) is 13.2. The maximum atomic E-state index is 11.1. The van der Waals surface area contributed by atoms with Crippen LogP contribution >= 0.6 is 15.9 Å². The highest BCUT2D eigenvalue weighted by atomic mass is 79.9. The van der Waals surface area contributed by atoms with Gasteiger partial charge >= 0.3 is 0 Å². The van der Waals surface area contributed by atoms with Gasteiger partial charge in [-0.1, -0.05) is 42.3 Å². The number of rotatable bonds is 4. The molecule has 1 aliphatic rings. The van der Waals surface area contributed by atoms with Crippen LogP contribution in [0.1, 0.15) is 38.7 Å². The molecule has 0 aliphatic carbocycles. The smallest absolute Gasteiger partial charge is 0.275 e. The number of halogens is 1. The van der Waals surface area contributed by atoms with Crippen molar-refractivity contribution in [3.8, 4) is 0 Å². The molecule has 2 rings (SSSR count). The average molecular weight is 341 g/mol. The van der Waals surface area contributed by atoms with Crippen molar-refractivity contribution < 1.29 is 4.92 Å². The summed E-state index contributed by atoms with van der Waals surface area (Å²) >= 11 is 3.45. The lowest BCUT2D eigenvalue weighted by molar-refractivity contribution is -0.385. The highest BCUT2D eigenvalue weighted by Crippen LogP contribution is 2.35. The Bertz CT molecular complexity index is 497. The Hall–Kier alpha value is -0.940. The van der Waals surface area contributed by atoms with Gasteiger partial charge in [0.15, 0.2) is 0 Å². The van der Waals surface area contributed by atoms with Crippen molar-refractivity contribution in [2.24, 2.45) is 5.41 Å². The molecule has 0 bridgehead atoms. The van der Waals surface area contributed by atoms with E-state index < -0.39 is 0 Å². The fourth-order valence-corrected chi connectivity index (χ4v) is 3.18. The van der Waals surface area contributed by atoms with Crippen molar-refractivity contribution in [2.75, 3.05) is 13.1 Å². The fraction of sp³-hybridized carbons (Fsp3) is 0.600. The zero-order chi connectivity index (χ0) is 14.8. The molecule has 0 saturated carbocycles. The molecule has 1 aromatic rings. The van der Waals surface area contributed by atoms with Gasteiger partial charge in [-0.3, -0.25) is 15.0 Å². The zero-order valence-corrected chi connectivity index (χ0v) is 13.6. The predicted octanol–water partition coefficient (Wildman–Crippen LogP) is 4.37. The van der Waals surface area contributed by atoms with E-state index in [1.165, 1.54) is 19.3 Å². The first kappa shape index (κ1) is 15.4. The molecule has 110 valence electrons. The van der Waals surface area contributed by atoms with Crippen LogP contribution in [0, 0.1) is 15.5 Å². The van der Waals surface area contributed by atoms with Crippen LogP contribution in [0.3, 0.4) is 0 Å². The van der Waals surface area contributed by atoms with E-state index in [1.807, 2.05) is 6.07 Å². The summed E-state index contributed by atoms with van der Waals surface area (Å²) in [5.41, 5.74) is 1.44. The highest BCUT2D eigenvalue weighted by Gasteiger charge is 2.29. The lowest BCUT2D eigenvalue weighted by Gasteiger charge is -2.38. The molecule has 20 heavy (non-hydrogen) atoms. The summed E-state index contributed by atoms with van der Waals surface area (Å²) in [5, 5.41) is 11.1. The van der Waals surface area contributed by atoms with Crippen LogP contribution in [0.2, 0.25) is 0 Å². The second-order valence-electron chi connectivity index (χ2n) is 5.93. The maximum Gasteiger partial charge on any atom is 0.275 e. The Labute approximate surface area is 128 Å². The van der Waals surface area contributed by atoms with Gasteiger partial charge in [-0.05, 0) is 37.4 Å². The molecule has 0 N–H and O–H groups in total. The van der Waals surface area contributed by atoms with Crippen molar-refractivity contribution in [3.63, 3.8) is 0 Å². The van der Waals surface area contributed by atoms with E-state index in [0.717, 1.165) is 23.1 Å². The Morgan fingerprint density at radius 3 is 2.60 bits per heavy atom. The molecule has 5 heteroatoms. The van der Waals surface area contributed by atoms with Gasteiger partial charge in [0.25, 0.3) is 5.69 Å². The number of hydrogen-bond acceptors (Lipinski definition) is 3.